The SMILES string of the molecule is CCOC(=O)CNC(=O)c1cc(F)c(Cl)cc1F. The third kappa shape index (κ3) is 3.66. The van der Waals surface area contributed by atoms with Gasteiger partial charge in [-0.3, -0.25) is 9.59 Å². The van der Waals surface area contributed by atoms with E-state index in [1.807, 2.05) is 0 Å². The van der Waals surface area contributed by atoms with Crippen molar-refractivity contribution in [3.05, 3.63) is 34.4 Å². The van der Waals surface area contributed by atoms with Gasteiger partial charge >= 0.3 is 5.97 Å². The van der Waals surface area contributed by atoms with Gasteiger partial charge in [-0.05, 0) is 19.1 Å². The minimum atomic E-state index is -0.970. The predicted molar refractivity (Wildman–Crippen MR) is 60.3 cm³/mol. The van der Waals surface area contributed by atoms with Crippen molar-refractivity contribution in [1.82, 2.24) is 5.32 Å². The van der Waals surface area contributed by atoms with Crippen LogP contribution in [-0.2, 0) is 9.53 Å². The number of esters is 1. The number of ether oxygens (including phenoxy) is 1. The van der Waals surface area contributed by atoms with Gasteiger partial charge in [0.1, 0.15) is 18.2 Å². The van der Waals surface area contributed by atoms with Crippen LogP contribution in [-0.4, -0.2) is 25.0 Å². The third-order valence-corrected chi connectivity index (χ3v) is 2.24. The van der Waals surface area contributed by atoms with Gasteiger partial charge in [-0.15, -0.1) is 0 Å². The number of hydrogen-bond acceptors (Lipinski definition) is 3. The van der Waals surface area contributed by atoms with Gasteiger partial charge in [0.25, 0.3) is 5.91 Å². The Kier molecular flexibility index (Phi) is 5.03. The second kappa shape index (κ2) is 6.30. The minimum absolute atomic E-state index is 0.165. The second-order valence-electron chi connectivity index (χ2n) is 3.23. The molecule has 0 saturated heterocycles. The average molecular weight is 278 g/mol. The van der Waals surface area contributed by atoms with Crippen LogP contribution in [0.5, 0.6) is 0 Å². The fraction of sp³-hybridized carbons (Fsp3) is 0.273. The number of halogens is 3. The van der Waals surface area contributed by atoms with Crippen LogP contribution in [0.4, 0.5) is 8.78 Å². The molecule has 0 aromatic heterocycles. The van der Waals surface area contributed by atoms with E-state index in [0.717, 1.165) is 0 Å². The van der Waals surface area contributed by atoms with Gasteiger partial charge in [0.15, 0.2) is 0 Å². The molecule has 1 N–H and O–H groups in total. The molecule has 0 aliphatic heterocycles. The van der Waals surface area contributed by atoms with Crippen molar-refractivity contribution in [3.63, 3.8) is 0 Å². The summed E-state index contributed by atoms with van der Waals surface area (Å²) < 4.78 is 31.0. The number of rotatable bonds is 4. The molecule has 0 bridgehead atoms. The number of nitrogens with one attached hydrogen (secondary N) is 1. The molecule has 0 fully saturated rings. The molecule has 1 aromatic carbocycles. The molecule has 0 spiro atoms. The molecular weight excluding hydrogens is 268 g/mol. The average Bonchev–Trinajstić information content (AvgIpc) is 2.31. The van der Waals surface area contributed by atoms with Crippen LogP contribution in [0, 0.1) is 11.6 Å². The first-order valence-corrected chi connectivity index (χ1v) is 5.41. The van der Waals surface area contributed by atoms with Crippen LogP contribution in [0.3, 0.4) is 0 Å². The lowest BCUT2D eigenvalue weighted by Gasteiger charge is -2.06. The first-order valence-electron chi connectivity index (χ1n) is 5.04. The molecule has 0 unspecified atom stereocenters. The largest absolute Gasteiger partial charge is 0.465 e. The Morgan fingerprint density at radius 2 is 2.00 bits per heavy atom. The molecule has 0 atom stereocenters. The maximum Gasteiger partial charge on any atom is 0.325 e. The highest BCUT2D eigenvalue weighted by Gasteiger charge is 2.16. The normalized spacial score (nSPS) is 10.0. The van der Waals surface area contributed by atoms with Crippen LogP contribution < -0.4 is 5.32 Å². The quantitative estimate of drug-likeness (QED) is 0.676. The Morgan fingerprint density at radius 3 is 2.61 bits per heavy atom. The molecule has 0 aliphatic carbocycles. The van der Waals surface area contributed by atoms with E-state index in [0.29, 0.717) is 12.1 Å². The lowest BCUT2D eigenvalue weighted by atomic mass is 10.2. The van der Waals surface area contributed by atoms with Crippen LogP contribution in [0.25, 0.3) is 0 Å². The Balaban J connectivity index is 2.73. The van der Waals surface area contributed by atoms with Crippen molar-refractivity contribution in [2.45, 2.75) is 6.92 Å². The van der Waals surface area contributed by atoms with Crippen molar-refractivity contribution in [2.24, 2.45) is 0 Å². The third-order valence-electron chi connectivity index (χ3n) is 1.95. The van der Waals surface area contributed by atoms with Gasteiger partial charge in [-0.1, -0.05) is 11.6 Å². The van der Waals surface area contributed by atoms with Gasteiger partial charge in [-0.2, -0.15) is 0 Å². The summed E-state index contributed by atoms with van der Waals surface area (Å²) in [5.74, 6) is -3.47. The molecule has 4 nitrogen and oxygen atoms in total. The molecule has 1 amide bonds. The summed E-state index contributed by atoms with van der Waals surface area (Å²) in [5, 5.41) is 1.69. The Hall–Kier alpha value is -1.69. The highest BCUT2D eigenvalue weighted by Crippen LogP contribution is 2.19. The smallest absolute Gasteiger partial charge is 0.325 e. The summed E-state index contributed by atoms with van der Waals surface area (Å²) in [4.78, 5) is 22.4. The van der Waals surface area contributed by atoms with E-state index in [1.165, 1.54) is 0 Å². The van der Waals surface area contributed by atoms with Crippen LogP contribution in [0.1, 0.15) is 17.3 Å². The van der Waals surface area contributed by atoms with E-state index in [9.17, 15) is 18.4 Å². The topological polar surface area (TPSA) is 55.4 Å². The summed E-state index contributed by atoms with van der Waals surface area (Å²) in [6.45, 7) is 1.35. The molecule has 18 heavy (non-hydrogen) atoms. The Bertz CT molecular complexity index is 480. The Labute approximate surface area is 107 Å². The van der Waals surface area contributed by atoms with Crippen molar-refractivity contribution in [1.29, 1.82) is 0 Å². The molecule has 0 radical (unpaired) electrons. The number of amides is 1. The van der Waals surface area contributed by atoms with Crippen molar-refractivity contribution in [3.8, 4) is 0 Å². The fourth-order valence-electron chi connectivity index (χ4n) is 1.16. The summed E-state index contributed by atoms with van der Waals surface area (Å²) in [5.41, 5.74) is -0.527. The van der Waals surface area contributed by atoms with Crippen LogP contribution in [0.15, 0.2) is 12.1 Å². The number of benzene rings is 1. The lowest BCUT2D eigenvalue weighted by molar-refractivity contribution is -0.141. The van der Waals surface area contributed by atoms with Crippen molar-refractivity contribution in [2.75, 3.05) is 13.2 Å². The van der Waals surface area contributed by atoms with E-state index in [2.05, 4.69) is 10.1 Å². The summed E-state index contributed by atoms with van der Waals surface area (Å²) in [6, 6.07) is 1.36. The van der Waals surface area contributed by atoms with E-state index in [-0.39, 0.29) is 6.61 Å². The number of carbonyl (C=O) groups excluding carboxylic acids is 2. The molecule has 1 rings (SSSR count). The maximum atomic E-state index is 13.3. The van der Waals surface area contributed by atoms with Gasteiger partial charge in [-0.25, -0.2) is 8.78 Å². The zero-order valence-corrected chi connectivity index (χ0v) is 10.2. The summed E-state index contributed by atoms with van der Waals surface area (Å²) >= 11 is 5.34. The zero-order chi connectivity index (χ0) is 13.7. The van der Waals surface area contributed by atoms with Gasteiger partial charge in [0.2, 0.25) is 0 Å². The lowest BCUT2D eigenvalue weighted by Crippen LogP contribution is -2.31. The van der Waals surface area contributed by atoms with E-state index < -0.39 is 40.6 Å². The maximum absolute atomic E-state index is 13.3. The van der Waals surface area contributed by atoms with Gasteiger partial charge in [0, 0.05) is 0 Å². The number of hydrogen-bond donors (Lipinski definition) is 1. The van der Waals surface area contributed by atoms with E-state index in [1.54, 1.807) is 6.92 Å². The van der Waals surface area contributed by atoms with E-state index >= 15 is 0 Å². The standard InChI is InChI=1S/C11H10ClF2NO3/c1-2-18-10(16)5-15-11(17)6-3-9(14)7(12)4-8(6)13/h3-4H,2,5H2,1H3,(H,15,17). The first kappa shape index (κ1) is 14.4. The monoisotopic (exact) mass is 277 g/mol. The second-order valence-corrected chi connectivity index (χ2v) is 3.64. The minimum Gasteiger partial charge on any atom is -0.465 e. The molecule has 98 valence electrons. The van der Waals surface area contributed by atoms with Gasteiger partial charge in [0.05, 0.1) is 17.2 Å². The van der Waals surface area contributed by atoms with E-state index in [4.69, 9.17) is 11.6 Å². The van der Waals surface area contributed by atoms with Gasteiger partial charge < -0.3 is 10.1 Å². The molecule has 1 aromatic rings. The predicted octanol–water partition coefficient (Wildman–Crippen LogP) is 1.91. The highest BCUT2D eigenvalue weighted by atomic mass is 35.5. The van der Waals surface area contributed by atoms with Crippen LogP contribution >= 0.6 is 11.6 Å². The summed E-state index contributed by atoms with van der Waals surface area (Å²) in [7, 11) is 0. The molecule has 0 saturated carbocycles. The van der Waals surface area contributed by atoms with Crippen molar-refractivity contribution < 1.29 is 23.1 Å². The molecule has 0 aliphatic rings. The molecule has 0 heterocycles. The first-order chi connectivity index (χ1) is 8.45. The summed E-state index contributed by atoms with van der Waals surface area (Å²) in [6.07, 6.45) is 0. The highest BCUT2D eigenvalue weighted by molar-refractivity contribution is 6.30. The fourth-order valence-corrected chi connectivity index (χ4v) is 1.31. The molecule has 7 heteroatoms. The van der Waals surface area contributed by atoms with Crippen molar-refractivity contribution >= 4 is 23.5 Å². The Morgan fingerprint density at radius 1 is 1.33 bits per heavy atom. The van der Waals surface area contributed by atoms with Crippen LogP contribution in [0.2, 0.25) is 5.02 Å². The number of carbonyl (C=O) groups is 2. The molecular formula is C11H10ClF2NO3. The zero-order valence-electron chi connectivity index (χ0n) is 9.43.